The van der Waals surface area contributed by atoms with Gasteiger partial charge in [-0.15, -0.1) is 0 Å². The van der Waals surface area contributed by atoms with Crippen molar-refractivity contribution in [1.82, 2.24) is 10.2 Å². The molecular formula is C18H19ClN2O2. The van der Waals surface area contributed by atoms with Gasteiger partial charge in [-0.25, -0.2) is 0 Å². The maximum absolute atomic E-state index is 12.4. The highest BCUT2D eigenvalue weighted by Crippen LogP contribution is 2.17. The highest BCUT2D eigenvalue weighted by molar-refractivity contribution is 6.30. The Balaban J connectivity index is 1.58. The third-order valence-electron chi connectivity index (χ3n) is 3.82. The number of nitrogens with one attached hydrogen (secondary N) is 1. The van der Waals surface area contributed by atoms with Crippen molar-refractivity contribution in [1.29, 1.82) is 0 Å². The number of amides is 1. The molecule has 0 atom stereocenters. The normalized spacial score (nSPS) is 14.6. The van der Waals surface area contributed by atoms with Gasteiger partial charge in [0.15, 0.2) is 0 Å². The molecule has 1 saturated heterocycles. The summed E-state index contributed by atoms with van der Waals surface area (Å²) in [5, 5.41) is 3.96. The first-order valence-corrected chi connectivity index (χ1v) is 8.07. The van der Waals surface area contributed by atoms with Crippen LogP contribution in [0.4, 0.5) is 0 Å². The molecule has 0 spiro atoms. The molecule has 2 aromatic rings. The summed E-state index contributed by atoms with van der Waals surface area (Å²) >= 11 is 5.86. The molecule has 5 heteroatoms. The van der Waals surface area contributed by atoms with E-state index in [4.69, 9.17) is 16.3 Å². The molecule has 0 bridgehead atoms. The smallest absolute Gasteiger partial charge is 0.253 e. The van der Waals surface area contributed by atoms with Gasteiger partial charge < -0.3 is 15.0 Å². The Morgan fingerprint density at radius 3 is 2.35 bits per heavy atom. The van der Waals surface area contributed by atoms with Gasteiger partial charge in [0.05, 0.1) is 0 Å². The standard InChI is InChI=1S/C18H19ClN2O2/c19-16-5-1-14(2-6-16)13-23-17-7-3-15(4-8-17)18(22)21-11-9-20-10-12-21/h1-8,20H,9-13H2. The molecule has 0 saturated carbocycles. The second-order valence-corrected chi connectivity index (χ2v) is 5.92. The summed E-state index contributed by atoms with van der Waals surface area (Å²) in [6, 6.07) is 14.9. The number of ether oxygens (including phenoxy) is 1. The molecule has 4 nitrogen and oxygen atoms in total. The lowest BCUT2D eigenvalue weighted by Gasteiger charge is -2.27. The third-order valence-corrected chi connectivity index (χ3v) is 4.08. The van der Waals surface area contributed by atoms with Crippen LogP contribution in [0.3, 0.4) is 0 Å². The zero-order chi connectivity index (χ0) is 16.1. The van der Waals surface area contributed by atoms with E-state index in [9.17, 15) is 4.79 Å². The summed E-state index contributed by atoms with van der Waals surface area (Å²) in [6.45, 7) is 3.70. The van der Waals surface area contributed by atoms with Crippen molar-refractivity contribution in [2.45, 2.75) is 6.61 Å². The molecule has 3 rings (SSSR count). The molecule has 0 unspecified atom stereocenters. The Hall–Kier alpha value is -2.04. The van der Waals surface area contributed by atoms with E-state index in [2.05, 4.69) is 5.32 Å². The summed E-state index contributed by atoms with van der Waals surface area (Å²) in [5.41, 5.74) is 1.75. The Labute approximate surface area is 141 Å². The lowest BCUT2D eigenvalue weighted by molar-refractivity contribution is 0.0736. The molecule has 23 heavy (non-hydrogen) atoms. The molecule has 0 aromatic heterocycles. The lowest BCUT2D eigenvalue weighted by atomic mass is 10.1. The van der Waals surface area contributed by atoms with Crippen molar-refractivity contribution in [3.8, 4) is 5.75 Å². The monoisotopic (exact) mass is 330 g/mol. The van der Waals surface area contributed by atoms with E-state index >= 15 is 0 Å². The number of carbonyl (C=O) groups excluding carboxylic acids is 1. The fourth-order valence-corrected chi connectivity index (χ4v) is 2.62. The van der Waals surface area contributed by atoms with E-state index in [1.54, 1.807) is 0 Å². The van der Waals surface area contributed by atoms with E-state index in [1.807, 2.05) is 53.4 Å². The van der Waals surface area contributed by atoms with Crippen LogP contribution in [0.15, 0.2) is 48.5 Å². The first kappa shape index (κ1) is 15.8. The Morgan fingerprint density at radius 1 is 1.04 bits per heavy atom. The van der Waals surface area contributed by atoms with Crippen molar-refractivity contribution < 1.29 is 9.53 Å². The van der Waals surface area contributed by atoms with Crippen LogP contribution < -0.4 is 10.1 Å². The van der Waals surface area contributed by atoms with Crippen LogP contribution >= 0.6 is 11.6 Å². The van der Waals surface area contributed by atoms with Gasteiger partial charge in [-0.1, -0.05) is 23.7 Å². The molecular weight excluding hydrogens is 312 g/mol. The zero-order valence-electron chi connectivity index (χ0n) is 12.8. The van der Waals surface area contributed by atoms with Crippen molar-refractivity contribution in [3.05, 3.63) is 64.7 Å². The number of carbonyl (C=O) groups is 1. The summed E-state index contributed by atoms with van der Waals surface area (Å²) in [7, 11) is 0. The average molecular weight is 331 g/mol. The quantitative estimate of drug-likeness (QED) is 0.937. The maximum atomic E-state index is 12.4. The fraction of sp³-hybridized carbons (Fsp3) is 0.278. The van der Waals surface area contributed by atoms with Gasteiger partial charge in [0.25, 0.3) is 5.91 Å². The Bertz CT molecular complexity index is 650. The van der Waals surface area contributed by atoms with Crippen LogP contribution in [0, 0.1) is 0 Å². The van der Waals surface area contributed by atoms with Gasteiger partial charge in [0, 0.05) is 36.8 Å². The second kappa shape index (κ2) is 7.49. The molecule has 0 aliphatic carbocycles. The number of halogens is 1. The largest absolute Gasteiger partial charge is 0.489 e. The van der Waals surface area contributed by atoms with Crippen molar-refractivity contribution in [3.63, 3.8) is 0 Å². The minimum atomic E-state index is 0.0794. The summed E-state index contributed by atoms with van der Waals surface area (Å²) in [5.74, 6) is 0.826. The lowest BCUT2D eigenvalue weighted by Crippen LogP contribution is -2.46. The maximum Gasteiger partial charge on any atom is 0.253 e. The molecule has 0 radical (unpaired) electrons. The van der Waals surface area contributed by atoms with Crippen LogP contribution in [0.1, 0.15) is 15.9 Å². The number of nitrogens with zero attached hydrogens (tertiary/aromatic N) is 1. The number of hydrogen-bond acceptors (Lipinski definition) is 3. The molecule has 1 heterocycles. The molecule has 120 valence electrons. The van der Waals surface area contributed by atoms with E-state index in [0.29, 0.717) is 17.2 Å². The molecule has 1 N–H and O–H groups in total. The van der Waals surface area contributed by atoms with Crippen LogP contribution in [0.2, 0.25) is 5.02 Å². The van der Waals surface area contributed by atoms with Gasteiger partial charge >= 0.3 is 0 Å². The van der Waals surface area contributed by atoms with Crippen LogP contribution in [-0.2, 0) is 6.61 Å². The predicted molar refractivity (Wildman–Crippen MR) is 91.0 cm³/mol. The van der Waals surface area contributed by atoms with Crippen molar-refractivity contribution >= 4 is 17.5 Å². The van der Waals surface area contributed by atoms with Crippen LogP contribution in [0.5, 0.6) is 5.75 Å². The summed E-state index contributed by atoms with van der Waals surface area (Å²) < 4.78 is 5.73. The second-order valence-electron chi connectivity index (χ2n) is 5.48. The van der Waals surface area contributed by atoms with Gasteiger partial charge in [0.2, 0.25) is 0 Å². The highest BCUT2D eigenvalue weighted by Gasteiger charge is 2.17. The number of piperazine rings is 1. The molecule has 2 aromatic carbocycles. The van der Waals surface area contributed by atoms with E-state index in [0.717, 1.165) is 37.5 Å². The minimum Gasteiger partial charge on any atom is -0.489 e. The first-order chi connectivity index (χ1) is 11.2. The van der Waals surface area contributed by atoms with Gasteiger partial charge in [-0.3, -0.25) is 4.79 Å². The van der Waals surface area contributed by atoms with E-state index < -0.39 is 0 Å². The van der Waals surface area contributed by atoms with Gasteiger partial charge in [-0.2, -0.15) is 0 Å². The van der Waals surface area contributed by atoms with Crippen LogP contribution in [-0.4, -0.2) is 37.0 Å². The summed E-state index contributed by atoms with van der Waals surface area (Å²) in [4.78, 5) is 14.2. The number of benzene rings is 2. The fourth-order valence-electron chi connectivity index (χ4n) is 2.49. The Morgan fingerprint density at radius 2 is 1.70 bits per heavy atom. The van der Waals surface area contributed by atoms with Crippen LogP contribution in [0.25, 0.3) is 0 Å². The minimum absolute atomic E-state index is 0.0794. The number of rotatable bonds is 4. The Kier molecular flexibility index (Phi) is 5.16. The topological polar surface area (TPSA) is 41.6 Å². The molecule has 1 aliphatic rings. The SMILES string of the molecule is O=C(c1ccc(OCc2ccc(Cl)cc2)cc1)N1CCNCC1. The van der Waals surface area contributed by atoms with Crippen molar-refractivity contribution in [2.75, 3.05) is 26.2 Å². The van der Waals surface area contributed by atoms with Gasteiger partial charge in [0.1, 0.15) is 12.4 Å². The molecule has 1 amide bonds. The number of hydrogen-bond donors (Lipinski definition) is 1. The van der Waals surface area contributed by atoms with E-state index in [1.165, 1.54) is 0 Å². The van der Waals surface area contributed by atoms with Crippen molar-refractivity contribution in [2.24, 2.45) is 0 Å². The van der Waals surface area contributed by atoms with Gasteiger partial charge in [-0.05, 0) is 42.0 Å². The highest BCUT2D eigenvalue weighted by atomic mass is 35.5. The third kappa shape index (κ3) is 4.24. The summed E-state index contributed by atoms with van der Waals surface area (Å²) in [6.07, 6.45) is 0. The average Bonchev–Trinajstić information content (AvgIpc) is 2.62. The molecule has 1 aliphatic heterocycles. The predicted octanol–water partition coefficient (Wildman–Crippen LogP) is 2.96. The van der Waals surface area contributed by atoms with E-state index in [-0.39, 0.29) is 5.91 Å². The molecule has 1 fully saturated rings. The first-order valence-electron chi connectivity index (χ1n) is 7.70. The zero-order valence-corrected chi connectivity index (χ0v) is 13.6.